The molecule has 0 aliphatic carbocycles. The summed E-state index contributed by atoms with van der Waals surface area (Å²) in [4.78, 5) is 11.0. The largest absolute Gasteiger partial charge is 0.316 e. The fourth-order valence-electron chi connectivity index (χ4n) is 1.94. The van der Waals surface area contributed by atoms with Crippen LogP contribution < -0.4 is 10.9 Å². The van der Waals surface area contributed by atoms with Crippen molar-refractivity contribution in [2.24, 2.45) is 0 Å². The number of rotatable bonds is 1. The molecule has 3 N–H and O–H groups in total. The summed E-state index contributed by atoms with van der Waals surface area (Å²) in [6.07, 6.45) is 2.30. The van der Waals surface area contributed by atoms with E-state index in [9.17, 15) is 4.79 Å². The van der Waals surface area contributed by atoms with E-state index >= 15 is 0 Å². The summed E-state index contributed by atoms with van der Waals surface area (Å²) in [6, 6.07) is 1.66. The molecule has 1 aromatic heterocycles. The monoisotopic (exact) mass is 253 g/mol. The van der Waals surface area contributed by atoms with Crippen molar-refractivity contribution in [2.75, 3.05) is 13.1 Å². The predicted molar refractivity (Wildman–Crippen MR) is 65.4 cm³/mol. The molecule has 1 atom stereocenters. The molecule has 0 radical (unpaired) electrons. The second kappa shape index (κ2) is 5.58. The molecule has 4 nitrogen and oxygen atoms in total. The van der Waals surface area contributed by atoms with Crippen molar-refractivity contribution in [1.29, 1.82) is 0 Å². The molecule has 0 saturated carbocycles. The molecule has 2 rings (SSSR count). The number of hydrogen-bond donors (Lipinski definition) is 3. The molecule has 15 heavy (non-hydrogen) atoms. The molecule has 0 bridgehead atoms. The molecule has 88 valence electrons. The Bertz CT molecular complexity index is 341. The summed E-state index contributed by atoms with van der Waals surface area (Å²) in [5.74, 6) is 0. The average Bonchev–Trinajstić information content (AvgIpc) is 2.54. The van der Waals surface area contributed by atoms with Crippen LogP contribution in [0.4, 0.5) is 0 Å². The van der Waals surface area contributed by atoms with E-state index in [4.69, 9.17) is 0 Å². The van der Waals surface area contributed by atoms with Gasteiger partial charge in [-0.1, -0.05) is 6.92 Å². The van der Waals surface area contributed by atoms with Crippen LogP contribution in [-0.4, -0.2) is 23.3 Å². The van der Waals surface area contributed by atoms with Crippen molar-refractivity contribution in [1.82, 2.24) is 15.5 Å². The van der Waals surface area contributed by atoms with Crippen LogP contribution in [0.1, 0.15) is 25.5 Å². The molecule has 2 heterocycles. The number of piperidine rings is 1. The minimum absolute atomic E-state index is 0. The zero-order valence-electron chi connectivity index (χ0n) is 8.63. The van der Waals surface area contributed by atoms with Gasteiger partial charge in [0.05, 0.1) is 0 Å². The molecule has 1 fully saturated rings. The molecular weight excluding hydrogens is 237 g/mol. The zero-order valence-corrected chi connectivity index (χ0v) is 10.3. The van der Waals surface area contributed by atoms with E-state index in [-0.39, 0.29) is 35.8 Å². The molecule has 1 aliphatic heterocycles. The minimum Gasteiger partial charge on any atom is -0.316 e. The van der Waals surface area contributed by atoms with E-state index in [0.717, 1.165) is 25.2 Å². The van der Waals surface area contributed by atoms with E-state index in [1.54, 1.807) is 6.07 Å². The van der Waals surface area contributed by atoms with Crippen LogP contribution in [0.15, 0.2) is 10.9 Å². The first kappa shape index (κ1) is 14.6. The lowest BCUT2D eigenvalue weighted by molar-refractivity contribution is 0.331. The predicted octanol–water partition coefficient (Wildman–Crippen LogP) is 1.19. The smallest absolute Gasteiger partial charge is 0.264 e. The summed E-state index contributed by atoms with van der Waals surface area (Å²) >= 11 is 0. The maximum atomic E-state index is 11.0. The second-order valence-corrected chi connectivity index (χ2v) is 4.01. The first-order valence-corrected chi connectivity index (χ1v) is 4.70. The Morgan fingerprint density at radius 1 is 1.33 bits per heavy atom. The van der Waals surface area contributed by atoms with E-state index in [1.807, 2.05) is 0 Å². The van der Waals surface area contributed by atoms with Crippen molar-refractivity contribution < 1.29 is 0 Å². The fourth-order valence-corrected chi connectivity index (χ4v) is 1.94. The Morgan fingerprint density at radius 3 is 2.53 bits per heavy atom. The van der Waals surface area contributed by atoms with E-state index < -0.39 is 0 Å². The molecule has 1 aliphatic rings. The third kappa shape index (κ3) is 3.00. The van der Waals surface area contributed by atoms with Crippen molar-refractivity contribution in [3.63, 3.8) is 0 Å². The third-order valence-corrected chi connectivity index (χ3v) is 2.84. The van der Waals surface area contributed by atoms with Crippen LogP contribution in [0.5, 0.6) is 0 Å². The third-order valence-electron chi connectivity index (χ3n) is 2.84. The van der Waals surface area contributed by atoms with E-state index in [2.05, 4.69) is 22.4 Å². The highest BCUT2D eigenvalue weighted by Crippen LogP contribution is 2.27. The normalized spacial score (nSPS) is 25.1. The highest BCUT2D eigenvalue weighted by Gasteiger charge is 2.30. The van der Waals surface area contributed by atoms with Gasteiger partial charge in [0.2, 0.25) is 0 Å². The van der Waals surface area contributed by atoms with Crippen molar-refractivity contribution in [2.45, 2.75) is 25.2 Å². The Balaban J connectivity index is 0.000000980. The van der Waals surface area contributed by atoms with Crippen molar-refractivity contribution in [3.05, 3.63) is 22.1 Å². The molecule has 1 aromatic rings. The highest BCUT2D eigenvalue weighted by atomic mass is 35.5. The number of nitrogens with one attached hydrogen (secondary N) is 3. The lowest BCUT2D eigenvalue weighted by Crippen LogP contribution is -2.41. The van der Waals surface area contributed by atoms with Gasteiger partial charge >= 0.3 is 0 Å². The van der Waals surface area contributed by atoms with Gasteiger partial charge in [-0.25, -0.2) is 0 Å². The fraction of sp³-hybridized carbons (Fsp3) is 0.667. The second-order valence-electron chi connectivity index (χ2n) is 4.01. The molecule has 1 unspecified atom stereocenters. The molecule has 0 spiro atoms. The van der Waals surface area contributed by atoms with Crippen LogP contribution in [-0.2, 0) is 5.41 Å². The molecule has 0 amide bonds. The number of halogens is 2. The topological polar surface area (TPSA) is 60.7 Å². The summed E-state index contributed by atoms with van der Waals surface area (Å²) in [5, 5.41) is 8.87. The Morgan fingerprint density at radius 2 is 2.07 bits per heavy atom. The molecule has 0 aromatic carbocycles. The standard InChI is InChI=1S/C9H15N3O.2ClH/c1-9(3-2-4-10-6-9)7-5-8(13)12-11-7;;/h5,10H,2-4,6H2,1H3,(H2,11,12,13);2*1H. The first-order chi connectivity index (χ1) is 6.21. The van der Waals surface area contributed by atoms with Crippen LogP contribution in [0, 0.1) is 0 Å². The van der Waals surface area contributed by atoms with Gasteiger partial charge in [-0.3, -0.25) is 9.89 Å². The van der Waals surface area contributed by atoms with Gasteiger partial charge in [0.25, 0.3) is 5.56 Å². The quantitative estimate of drug-likeness (QED) is 0.705. The van der Waals surface area contributed by atoms with Gasteiger partial charge < -0.3 is 10.4 Å². The Labute approximate surface area is 101 Å². The summed E-state index contributed by atoms with van der Waals surface area (Å²) in [5.41, 5.74) is 1.07. The number of aromatic amines is 2. The van der Waals surface area contributed by atoms with Crippen molar-refractivity contribution in [3.8, 4) is 0 Å². The van der Waals surface area contributed by atoms with Crippen LogP contribution in [0.25, 0.3) is 0 Å². The van der Waals surface area contributed by atoms with Gasteiger partial charge in [0.15, 0.2) is 0 Å². The molecule has 1 saturated heterocycles. The number of H-pyrrole nitrogens is 2. The summed E-state index contributed by atoms with van der Waals surface area (Å²) in [6.45, 7) is 4.21. The van der Waals surface area contributed by atoms with Gasteiger partial charge in [-0.2, -0.15) is 0 Å². The van der Waals surface area contributed by atoms with Gasteiger partial charge in [-0.15, -0.1) is 24.8 Å². The van der Waals surface area contributed by atoms with E-state index in [1.165, 1.54) is 6.42 Å². The highest BCUT2D eigenvalue weighted by molar-refractivity contribution is 5.85. The van der Waals surface area contributed by atoms with Crippen LogP contribution >= 0.6 is 24.8 Å². The maximum Gasteiger partial charge on any atom is 0.264 e. The summed E-state index contributed by atoms with van der Waals surface area (Å²) < 4.78 is 0. The maximum absolute atomic E-state index is 11.0. The summed E-state index contributed by atoms with van der Waals surface area (Å²) in [7, 11) is 0. The lowest BCUT2D eigenvalue weighted by Gasteiger charge is -2.32. The molecular formula is C9H17Cl2N3O. The number of hydrogen-bond acceptors (Lipinski definition) is 2. The number of aromatic nitrogens is 2. The van der Waals surface area contributed by atoms with Gasteiger partial charge in [0.1, 0.15) is 0 Å². The van der Waals surface area contributed by atoms with Gasteiger partial charge in [0, 0.05) is 23.7 Å². The molecule has 6 heteroatoms. The SMILES string of the molecule is CC1(c2cc(=O)[nH][nH]2)CCCNC1.Cl.Cl. The van der Waals surface area contributed by atoms with Crippen LogP contribution in [0.2, 0.25) is 0 Å². The van der Waals surface area contributed by atoms with Gasteiger partial charge in [-0.05, 0) is 19.4 Å². The Hall–Kier alpha value is -0.450. The van der Waals surface area contributed by atoms with Crippen LogP contribution in [0.3, 0.4) is 0 Å². The average molecular weight is 254 g/mol. The first-order valence-electron chi connectivity index (χ1n) is 4.70. The Kier molecular flexibility index (Phi) is 5.42. The van der Waals surface area contributed by atoms with Crippen molar-refractivity contribution >= 4 is 24.8 Å². The zero-order chi connectivity index (χ0) is 9.31. The lowest BCUT2D eigenvalue weighted by atomic mass is 9.80. The van der Waals surface area contributed by atoms with E-state index in [0.29, 0.717) is 0 Å². The minimum atomic E-state index is -0.0400.